The number of rotatable bonds is 7. The van der Waals surface area contributed by atoms with Gasteiger partial charge in [-0.1, -0.05) is 30.3 Å². The van der Waals surface area contributed by atoms with Crippen LogP contribution in [0, 0.1) is 5.92 Å². The molecule has 4 rings (SSSR count). The topological polar surface area (TPSA) is 130 Å². The first-order valence-corrected chi connectivity index (χ1v) is 10.4. The molecule has 1 aliphatic heterocycles. The van der Waals surface area contributed by atoms with Crippen LogP contribution in [-0.2, 0) is 22.7 Å². The van der Waals surface area contributed by atoms with Gasteiger partial charge in [0.1, 0.15) is 13.2 Å². The van der Waals surface area contributed by atoms with Gasteiger partial charge < -0.3 is 30.1 Å². The third kappa shape index (κ3) is 5.26. The van der Waals surface area contributed by atoms with E-state index in [1.54, 1.807) is 12.1 Å². The highest BCUT2D eigenvalue weighted by atomic mass is 16.6. The van der Waals surface area contributed by atoms with Crippen LogP contribution in [0.3, 0.4) is 0 Å². The van der Waals surface area contributed by atoms with Crippen molar-refractivity contribution in [3.05, 3.63) is 53.7 Å². The van der Waals surface area contributed by atoms with Crippen molar-refractivity contribution in [1.82, 2.24) is 15.2 Å². The quantitative estimate of drug-likeness (QED) is 0.560. The highest BCUT2D eigenvalue weighted by molar-refractivity contribution is 5.82. The predicted octanol–water partition coefficient (Wildman–Crippen LogP) is 2.60. The molecule has 3 N–H and O–H groups in total. The maximum atomic E-state index is 12.9. The number of nitrogens with zero attached hydrogens (tertiary/aromatic N) is 2. The standard InChI is InChI=1S/C22H24N4O6/c27-19-10-23-18-9-7-16(24-20(18)32-19)12-26(11-15-6-8-17(15)25-21(28)29)22(30)31-13-14-4-2-1-3-5-14/h1-5,7,9,15,17,23,25H,6,8,10-13H2,(H,28,29)/t15-,17+/m0/s1. The Bertz CT molecular complexity index is 999. The molecule has 2 aliphatic rings. The van der Waals surface area contributed by atoms with Crippen LogP contribution in [0.15, 0.2) is 42.5 Å². The summed E-state index contributed by atoms with van der Waals surface area (Å²) in [5, 5.41) is 14.4. The summed E-state index contributed by atoms with van der Waals surface area (Å²) in [6.45, 7) is 0.645. The van der Waals surface area contributed by atoms with Crippen LogP contribution in [0.5, 0.6) is 5.88 Å². The molecule has 2 heterocycles. The molecule has 0 spiro atoms. The van der Waals surface area contributed by atoms with Gasteiger partial charge in [-0.15, -0.1) is 0 Å². The Morgan fingerprint density at radius 2 is 2.03 bits per heavy atom. The predicted molar refractivity (Wildman–Crippen MR) is 113 cm³/mol. The van der Waals surface area contributed by atoms with Crippen LogP contribution in [0.1, 0.15) is 24.1 Å². The number of hydrogen-bond acceptors (Lipinski definition) is 7. The Morgan fingerprint density at radius 1 is 1.22 bits per heavy atom. The van der Waals surface area contributed by atoms with Gasteiger partial charge in [0.2, 0.25) is 5.88 Å². The maximum absolute atomic E-state index is 12.9. The highest BCUT2D eigenvalue weighted by Gasteiger charge is 2.35. The first kappa shape index (κ1) is 21.4. The number of aromatic nitrogens is 1. The monoisotopic (exact) mass is 440 g/mol. The van der Waals surface area contributed by atoms with E-state index < -0.39 is 18.2 Å². The molecule has 1 aliphatic carbocycles. The first-order valence-electron chi connectivity index (χ1n) is 10.4. The average Bonchev–Trinajstić information content (AvgIpc) is 2.78. The average molecular weight is 440 g/mol. The fourth-order valence-electron chi connectivity index (χ4n) is 3.72. The highest BCUT2D eigenvalue weighted by Crippen LogP contribution is 2.30. The van der Waals surface area contributed by atoms with Gasteiger partial charge in [-0.25, -0.2) is 19.4 Å². The van der Waals surface area contributed by atoms with Crippen LogP contribution in [0.4, 0.5) is 15.3 Å². The zero-order valence-electron chi connectivity index (χ0n) is 17.3. The lowest BCUT2D eigenvalue weighted by atomic mass is 9.79. The van der Waals surface area contributed by atoms with Gasteiger partial charge in [-0.05, 0) is 36.5 Å². The number of nitrogens with one attached hydrogen (secondary N) is 2. The SMILES string of the molecule is O=C(O)N[C@@H]1CC[C@H]1CN(Cc1ccc2c(n1)OC(=O)CN2)C(=O)OCc1ccccc1. The molecule has 168 valence electrons. The third-order valence-electron chi connectivity index (χ3n) is 5.55. The van der Waals surface area contributed by atoms with Crippen LogP contribution in [-0.4, -0.2) is 52.3 Å². The van der Waals surface area contributed by atoms with E-state index in [4.69, 9.17) is 14.6 Å². The second-order valence-electron chi connectivity index (χ2n) is 7.80. The summed E-state index contributed by atoms with van der Waals surface area (Å²) in [5.74, 6) is -0.281. The number of hydrogen-bond donors (Lipinski definition) is 3. The lowest BCUT2D eigenvalue weighted by Crippen LogP contribution is -2.51. The molecule has 0 bridgehead atoms. The van der Waals surface area contributed by atoms with Crippen LogP contribution in [0.25, 0.3) is 0 Å². The first-order chi connectivity index (χ1) is 15.5. The number of ether oxygens (including phenoxy) is 2. The number of carboxylic acid groups (broad SMARTS) is 1. The van der Waals surface area contributed by atoms with Crippen molar-refractivity contribution in [2.45, 2.75) is 32.0 Å². The molecule has 32 heavy (non-hydrogen) atoms. The smallest absolute Gasteiger partial charge is 0.410 e. The van der Waals surface area contributed by atoms with Gasteiger partial charge in [-0.2, -0.15) is 0 Å². The Balaban J connectivity index is 1.46. The van der Waals surface area contributed by atoms with E-state index in [0.717, 1.165) is 18.4 Å². The molecule has 2 aromatic rings. The second-order valence-corrected chi connectivity index (χ2v) is 7.80. The Kier molecular flexibility index (Phi) is 6.39. The summed E-state index contributed by atoms with van der Waals surface area (Å²) in [5.41, 5.74) is 2.00. The zero-order chi connectivity index (χ0) is 22.5. The summed E-state index contributed by atoms with van der Waals surface area (Å²) in [6, 6.07) is 12.6. The number of fused-ring (bicyclic) bond motifs is 1. The number of amides is 2. The Hall–Kier alpha value is -3.82. The van der Waals surface area contributed by atoms with Crippen molar-refractivity contribution in [2.24, 2.45) is 5.92 Å². The normalized spacial score (nSPS) is 18.9. The van der Waals surface area contributed by atoms with E-state index in [-0.39, 0.29) is 37.5 Å². The summed E-state index contributed by atoms with van der Waals surface area (Å²) in [6.07, 6.45) is -0.0807. The number of pyridine rings is 1. The Morgan fingerprint density at radius 3 is 2.75 bits per heavy atom. The van der Waals surface area contributed by atoms with E-state index in [2.05, 4.69) is 15.6 Å². The fraction of sp³-hybridized carbons (Fsp3) is 0.364. The third-order valence-corrected chi connectivity index (χ3v) is 5.55. The van der Waals surface area contributed by atoms with Crippen molar-refractivity contribution >= 4 is 23.8 Å². The minimum absolute atomic E-state index is 0.0208. The molecule has 1 aromatic carbocycles. The van der Waals surface area contributed by atoms with Crippen molar-refractivity contribution in [3.63, 3.8) is 0 Å². The van der Waals surface area contributed by atoms with Gasteiger partial charge in [0.25, 0.3) is 0 Å². The lowest BCUT2D eigenvalue weighted by molar-refractivity contribution is -0.133. The molecule has 1 aromatic heterocycles. The van der Waals surface area contributed by atoms with Crippen LogP contribution >= 0.6 is 0 Å². The molecule has 2 atom stereocenters. The number of anilines is 1. The number of esters is 1. The van der Waals surface area contributed by atoms with Crippen molar-refractivity contribution in [1.29, 1.82) is 0 Å². The lowest BCUT2D eigenvalue weighted by Gasteiger charge is -2.39. The summed E-state index contributed by atoms with van der Waals surface area (Å²) in [4.78, 5) is 41.3. The molecular formula is C22H24N4O6. The zero-order valence-corrected chi connectivity index (χ0v) is 17.3. The molecule has 2 amide bonds. The van der Waals surface area contributed by atoms with Crippen molar-refractivity contribution < 1.29 is 29.0 Å². The van der Waals surface area contributed by atoms with Gasteiger partial charge in [0.05, 0.1) is 17.9 Å². The van der Waals surface area contributed by atoms with Gasteiger partial charge in [0, 0.05) is 12.6 Å². The minimum Gasteiger partial charge on any atom is -0.465 e. The van der Waals surface area contributed by atoms with E-state index in [0.29, 0.717) is 17.9 Å². The van der Waals surface area contributed by atoms with Crippen LogP contribution in [0.2, 0.25) is 0 Å². The number of benzene rings is 1. The van der Waals surface area contributed by atoms with E-state index >= 15 is 0 Å². The number of carbonyl (C=O) groups is 3. The van der Waals surface area contributed by atoms with Crippen molar-refractivity contribution in [3.8, 4) is 5.88 Å². The van der Waals surface area contributed by atoms with Gasteiger partial charge in [-0.3, -0.25) is 0 Å². The number of carbonyl (C=O) groups excluding carboxylic acids is 2. The minimum atomic E-state index is -1.08. The molecule has 10 nitrogen and oxygen atoms in total. The van der Waals surface area contributed by atoms with Gasteiger partial charge >= 0.3 is 18.2 Å². The molecule has 0 unspecified atom stereocenters. The van der Waals surface area contributed by atoms with E-state index in [1.165, 1.54) is 4.90 Å². The largest absolute Gasteiger partial charge is 0.465 e. The van der Waals surface area contributed by atoms with E-state index in [1.807, 2.05) is 30.3 Å². The molecular weight excluding hydrogens is 416 g/mol. The summed E-state index contributed by atoms with van der Waals surface area (Å²) in [7, 11) is 0. The summed E-state index contributed by atoms with van der Waals surface area (Å²) < 4.78 is 10.7. The molecule has 10 heteroatoms. The molecule has 0 saturated heterocycles. The van der Waals surface area contributed by atoms with E-state index in [9.17, 15) is 14.4 Å². The van der Waals surface area contributed by atoms with Crippen molar-refractivity contribution in [2.75, 3.05) is 18.4 Å². The maximum Gasteiger partial charge on any atom is 0.410 e. The van der Waals surface area contributed by atoms with Gasteiger partial charge in [0.15, 0.2) is 0 Å². The van der Waals surface area contributed by atoms with Crippen LogP contribution < -0.4 is 15.4 Å². The molecule has 1 fully saturated rings. The molecule has 1 saturated carbocycles. The second kappa shape index (κ2) is 9.54. The Labute approximate surface area is 184 Å². The molecule has 0 radical (unpaired) electrons. The fourth-order valence-corrected chi connectivity index (χ4v) is 3.72. The summed E-state index contributed by atoms with van der Waals surface area (Å²) >= 11 is 0.